The van der Waals surface area contributed by atoms with Crippen LogP contribution < -0.4 is 5.32 Å². The Labute approximate surface area is 128 Å². The molecule has 0 aliphatic rings. The largest absolute Gasteiger partial charge is 0.294 e. The van der Waals surface area contributed by atoms with Crippen molar-refractivity contribution in [1.82, 2.24) is 25.1 Å². The Hall–Kier alpha value is -1.48. The highest BCUT2D eigenvalue weighted by Crippen LogP contribution is 2.16. The van der Waals surface area contributed by atoms with Gasteiger partial charge in [0.25, 0.3) is 0 Å². The molecule has 2 aromatic heterocycles. The molecule has 0 atom stereocenters. The van der Waals surface area contributed by atoms with Crippen LogP contribution >= 0.6 is 27.7 Å². The Morgan fingerprint density at radius 2 is 2.15 bits per heavy atom. The summed E-state index contributed by atoms with van der Waals surface area (Å²) in [5, 5.41) is 10.0. The quantitative estimate of drug-likeness (QED) is 0.797. The summed E-state index contributed by atoms with van der Waals surface area (Å²) >= 11 is 4.48. The molecular formula is C11H13BrN6OS. The van der Waals surface area contributed by atoms with Crippen LogP contribution in [0.25, 0.3) is 0 Å². The van der Waals surface area contributed by atoms with Crippen LogP contribution in [0.5, 0.6) is 0 Å². The topological polar surface area (TPSA) is 96.5 Å². The number of H-pyrrole nitrogens is 1. The van der Waals surface area contributed by atoms with E-state index in [9.17, 15) is 4.79 Å². The molecule has 0 spiro atoms. The number of aromatic nitrogens is 5. The van der Waals surface area contributed by atoms with Crippen molar-refractivity contribution in [1.29, 1.82) is 0 Å². The van der Waals surface area contributed by atoms with Gasteiger partial charge in [-0.15, -0.1) is 5.10 Å². The minimum Gasteiger partial charge on any atom is -0.294 e. The van der Waals surface area contributed by atoms with Gasteiger partial charge >= 0.3 is 0 Å². The lowest BCUT2D eigenvalue weighted by molar-refractivity contribution is -0.113. The van der Waals surface area contributed by atoms with Crippen molar-refractivity contribution in [3.63, 3.8) is 0 Å². The standard InChI is InChI=1S/C11H13BrN6OS/c1-6(2)9-16-11(18-17-9)20-5-8(19)15-10-13-3-7(12)4-14-10/h3-4,6H,5H2,1-2H3,(H,16,17,18)(H,13,14,15,19). The second kappa shape index (κ2) is 6.80. The van der Waals surface area contributed by atoms with Gasteiger partial charge in [0.2, 0.25) is 17.0 Å². The summed E-state index contributed by atoms with van der Waals surface area (Å²) in [4.78, 5) is 23.9. The summed E-state index contributed by atoms with van der Waals surface area (Å²) in [6.45, 7) is 4.04. The van der Waals surface area contributed by atoms with Crippen molar-refractivity contribution in [2.45, 2.75) is 24.9 Å². The van der Waals surface area contributed by atoms with Gasteiger partial charge < -0.3 is 0 Å². The van der Waals surface area contributed by atoms with Gasteiger partial charge in [-0.2, -0.15) is 0 Å². The van der Waals surface area contributed by atoms with E-state index in [0.717, 1.165) is 10.3 Å². The number of hydrogen-bond donors (Lipinski definition) is 2. The van der Waals surface area contributed by atoms with Crippen LogP contribution in [-0.4, -0.2) is 36.8 Å². The molecule has 20 heavy (non-hydrogen) atoms. The number of halogens is 1. The summed E-state index contributed by atoms with van der Waals surface area (Å²) < 4.78 is 0.756. The fourth-order valence-electron chi connectivity index (χ4n) is 1.25. The second-order valence-corrected chi connectivity index (χ2v) is 6.08. The van der Waals surface area contributed by atoms with Gasteiger partial charge in [0.05, 0.1) is 10.2 Å². The number of carbonyl (C=O) groups is 1. The van der Waals surface area contributed by atoms with Crippen LogP contribution in [0.3, 0.4) is 0 Å². The monoisotopic (exact) mass is 356 g/mol. The maximum Gasteiger partial charge on any atom is 0.237 e. The Kier molecular flexibility index (Phi) is 5.07. The van der Waals surface area contributed by atoms with Gasteiger partial charge in [-0.25, -0.2) is 15.0 Å². The van der Waals surface area contributed by atoms with Crippen molar-refractivity contribution < 1.29 is 4.79 Å². The molecule has 9 heteroatoms. The predicted molar refractivity (Wildman–Crippen MR) is 79.6 cm³/mol. The van der Waals surface area contributed by atoms with E-state index in [1.165, 1.54) is 11.8 Å². The van der Waals surface area contributed by atoms with E-state index in [1.807, 2.05) is 13.8 Å². The molecule has 106 valence electrons. The van der Waals surface area contributed by atoms with Gasteiger partial charge in [0.1, 0.15) is 5.82 Å². The number of carbonyl (C=O) groups excluding carboxylic acids is 1. The highest BCUT2D eigenvalue weighted by Gasteiger charge is 2.10. The molecule has 0 aliphatic heterocycles. The third-order valence-electron chi connectivity index (χ3n) is 2.23. The zero-order valence-electron chi connectivity index (χ0n) is 10.9. The smallest absolute Gasteiger partial charge is 0.237 e. The van der Waals surface area contributed by atoms with Gasteiger partial charge in [-0.05, 0) is 15.9 Å². The summed E-state index contributed by atoms with van der Waals surface area (Å²) in [7, 11) is 0. The number of anilines is 1. The molecular weight excluding hydrogens is 344 g/mol. The normalized spacial score (nSPS) is 10.8. The van der Waals surface area contributed by atoms with E-state index >= 15 is 0 Å². The summed E-state index contributed by atoms with van der Waals surface area (Å²) in [6.07, 6.45) is 3.14. The molecule has 0 aliphatic carbocycles. The molecule has 0 bridgehead atoms. The fraction of sp³-hybridized carbons (Fsp3) is 0.364. The summed E-state index contributed by atoms with van der Waals surface area (Å²) in [5.74, 6) is 1.37. The van der Waals surface area contributed by atoms with Crippen LogP contribution in [0.15, 0.2) is 22.0 Å². The van der Waals surface area contributed by atoms with E-state index in [0.29, 0.717) is 5.16 Å². The molecule has 0 fully saturated rings. The molecule has 2 N–H and O–H groups in total. The van der Waals surface area contributed by atoms with Crippen LogP contribution in [0, 0.1) is 0 Å². The molecule has 2 rings (SSSR count). The molecule has 0 aromatic carbocycles. The van der Waals surface area contributed by atoms with E-state index in [2.05, 4.69) is 46.4 Å². The third kappa shape index (κ3) is 4.27. The van der Waals surface area contributed by atoms with Gasteiger partial charge in [-0.1, -0.05) is 25.6 Å². The van der Waals surface area contributed by atoms with E-state index in [1.54, 1.807) is 12.4 Å². The number of thioether (sulfide) groups is 1. The van der Waals surface area contributed by atoms with Crippen LogP contribution in [-0.2, 0) is 4.79 Å². The average molecular weight is 357 g/mol. The Bertz CT molecular complexity index is 585. The number of amides is 1. The maximum absolute atomic E-state index is 11.7. The van der Waals surface area contributed by atoms with E-state index in [4.69, 9.17) is 0 Å². The zero-order valence-corrected chi connectivity index (χ0v) is 13.3. The minimum atomic E-state index is -0.201. The Balaban J connectivity index is 1.84. The number of nitrogens with zero attached hydrogens (tertiary/aromatic N) is 4. The lowest BCUT2D eigenvalue weighted by Crippen LogP contribution is -2.16. The lowest BCUT2D eigenvalue weighted by atomic mass is 10.2. The van der Waals surface area contributed by atoms with Crippen molar-refractivity contribution in [3.05, 3.63) is 22.7 Å². The minimum absolute atomic E-state index is 0.201. The summed E-state index contributed by atoms with van der Waals surface area (Å²) in [5.41, 5.74) is 0. The highest BCUT2D eigenvalue weighted by atomic mass is 79.9. The van der Waals surface area contributed by atoms with Crippen molar-refractivity contribution >= 4 is 39.5 Å². The zero-order chi connectivity index (χ0) is 14.5. The number of rotatable bonds is 5. The van der Waals surface area contributed by atoms with E-state index < -0.39 is 0 Å². The highest BCUT2D eigenvalue weighted by molar-refractivity contribution is 9.10. The Morgan fingerprint density at radius 1 is 1.45 bits per heavy atom. The average Bonchev–Trinajstić information content (AvgIpc) is 2.88. The van der Waals surface area contributed by atoms with Crippen LogP contribution in [0.1, 0.15) is 25.6 Å². The van der Waals surface area contributed by atoms with Crippen molar-refractivity contribution in [2.24, 2.45) is 0 Å². The molecule has 2 heterocycles. The molecule has 7 nitrogen and oxygen atoms in total. The first kappa shape index (κ1) is 14.9. The third-order valence-corrected chi connectivity index (χ3v) is 3.49. The van der Waals surface area contributed by atoms with Gasteiger partial charge in [-0.3, -0.25) is 15.2 Å². The van der Waals surface area contributed by atoms with Gasteiger partial charge in [0, 0.05) is 18.3 Å². The molecule has 0 unspecified atom stereocenters. The van der Waals surface area contributed by atoms with Crippen LogP contribution in [0.4, 0.5) is 5.95 Å². The van der Waals surface area contributed by atoms with Gasteiger partial charge in [0.15, 0.2) is 0 Å². The predicted octanol–water partition coefficient (Wildman–Crippen LogP) is 2.21. The van der Waals surface area contributed by atoms with Crippen molar-refractivity contribution in [3.8, 4) is 0 Å². The first-order chi connectivity index (χ1) is 9.54. The second-order valence-electron chi connectivity index (χ2n) is 4.22. The molecule has 1 amide bonds. The lowest BCUT2D eigenvalue weighted by Gasteiger charge is -2.01. The molecule has 0 radical (unpaired) electrons. The Morgan fingerprint density at radius 3 is 2.75 bits per heavy atom. The number of aromatic amines is 1. The van der Waals surface area contributed by atoms with Crippen molar-refractivity contribution in [2.75, 3.05) is 11.1 Å². The van der Waals surface area contributed by atoms with Crippen LogP contribution in [0.2, 0.25) is 0 Å². The molecule has 0 saturated carbocycles. The fourth-order valence-corrected chi connectivity index (χ4v) is 2.06. The molecule has 2 aromatic rings. The molecule has 0 saturated heterocycles. The number of nitrogens with one attached hydrogen (secondary N) is 2. The summed E-state index contributed by atoms with van der Waals surface area (Å²) in [6, 6.07) is 0. The first-order valence-corrected chi connectivity index (χ1v) is 7.65. The SMILES string of the molecule is CC(C)c1nc(SCC(=O)Nc2ncc(Br)cn2)n[nH]1. The van der Waals surface area contributed by atoms with E-state index in [-0.39, 0.29) is 23.5 Å². The first-order valence-electron chi connectivity index (χ1n) is 5.87. The maximum atomic E-state index is 11.7. The number of hydrogen-bond acceptors (Lipinski definition) is 6.